The summed E-state index contributed by atoms with van der Waals surface area (Å²) in [6.07, 6.45) is 1.96. The van der Waals surface area contributed by atoms with Crippen molar-refractivity contribution in [2.75, 3.05) is 6.61 Å². The van der Waals surface area contributed by atoms with Gasteiger partial charge in [0.2, 0.25) is 0 Å². The molecular formula is C14H18N2O3. The minimum absolute atomic E-state index is 0.292. The summed E-state index contributed by atoms with van der Waals surface area (Å²) in [6.45, 7) is 5.59. The van der Waals surface area contributed by atoms with Gasteiger partial charge in [-0.25, -0.2) is 5.43 Å². The number of carbonyl (C=O) groups excluding carboxylic acids is 2. The van der Waals surface area contributed by atoms with Gasteiger partial charge in [0.25, 0.3) is 5.91 Å². The van der Waals surface area contributed by atoms with Crippen LogP contribution < -0.4 is 10.9 Å². The molecule has 0 fully saturated rings. The monoisotopic (exact) mass is 262 g/mol. The first-order valence-electron chi connectivity index (χ1n) is 6.07. The lowest BCUT2D eigenvalue weighted by atomic mass is 10.2. The van der Waals surface area contributed by atoms with Crippen LogP contribution in [0.1, 0.15) is 23.7 Å². The van der Waals surface area contributed by atoms with Gasteiger partial charge in [0, 0.05) is 5.56 Å². The largest absolute Gasteiger partial charge is 0.465 e. The molecule has 0 spiro atoms. The van der Waals surface area contributed by atoms with E-state index in [9.17, 15) is 9.59 Å². The molecule has 0 aliphatic heterocycles. The summed E-state index contributed by atoms with van der Waals surface area (Å²) in [5, 5.41) is 0. The number of hydrazine groups is 1. The first-order chi connectivity index (χ1) is 9.19. The third kappa shape index (κ3) is 4.93. The number of hydrogen-bond donors (Lipinski definition) is 2. The van der Waals surface area contributed by atoms with E-state index in [1.807, 2.05) is 6.07 Å². The second kappa shape index (κ2) is 8.05. The highest BCUT2D eigenvalue weighted by Crippen LogP contribution is 1.99. The van der Waals surface area contributed by atoms with Gasteiger partial charge >= 0.3 is 5.97 Å². The van der Waals surface area contributed by atoms with Gasteiger partial charge in [-0.3, -0.25) is 15.0 Å². The van der Waals surface area contributed by atoms with Gasteiger partial charge < -0.3 is 4.74 Å². The fraction of sp³-hybridized carbons (Fsp3) is 0.286. The minimum atomic E-state index is -0.634. The van der Waals surface area contributed by atoms with E-state index in [2.05, 4.69) is 17.4 Å². The third-order valence-corrected chi connectivity index (χ3v) is 2.37. The molecule has 0 saturated heterocycles. The molecule has 0 saturated carbocycles. The molecule has 0 bridgehead atoms. The molecule has 0 radical (unpaired) electrons. The maximum atomic E-state index is 11.8. The average Bonchev–Trinajstić information content (AvgIpc) is 2.44. The van der Waals surface area contributed by atoms with Crippen LogP contribution in [0.4, 0.5) is 0 Å². The number of hydrogen-bond acceptors (Lipinski definition) is 4. The zero-order valence-electron chi connectivity index (χ0n) is 10.9. The Hall–Kier alpha value is -2.14. The topological polar surface area (TPSA) is 67.4 Å². The summed E-state index contributed by atoms with van der Waals surface area (Å²) in [5.41, 5.74) is 5.65. The van der Waals surface area contributed by atoms with Crippen molar-refractivity contribution in [2.45, 2.75) is 19.4 Å². The van der Waals surface area contributed by atoms with Crippen LogP contribution in [0.25, 0.3) is 0 Å². The Morgan fingerprint density at radius 3 is 2.63 bits per heavy atom. The molecule has 0 aliphatic rings. The SMILES string of the molecule is C=CCC(NNC(=O)c1ccccc1)C(=O)OCC. The van der Waals surface area contributed by atoms with Crippen molar-refractivity contribution in [3.8, 4) is 0 Å². The van der Waals surface area contributed by atoms with Crippen molar-refractivity contribution in [1.82, 2.24) is 10.9 Å². The van der Waals surface area contributed by atoms with Crippen molar-refractivity contribution in [1.29, 1.82) is 0 Å². The molecule has 1 rings (SSSR count). The first-order valence-corrected chi connectivity index (χ1v) is 6.07. The molecule has 102 valence electrons. The summed E-state index contributed by atoms with van der Waals surface area (Å²) < 4.78 is 4.89. The Kier molecular flexibility index (Phi) is 6.32. The molecule has 1 aromatic rings. The van der Waals surface area contributed by atoms with Gasteiger partial charge in [-0.2, -0.15) is 0 Å². The molecule has 1 amide bonds. The quantitative estimate of drug-likeness (QED) is 0.443. The lowest BCUT2D eigenvalue weighted by Crippen LogP contribution is -2.48. The molecular weight excluding hydrogens is 244 g/mol. The van der Waals surface area contributed by atoms with E-state index >= 15 is 0 Å². The van der Waals surface area contributed by atoms with Gasteiger partial charge in [-0.1, -0.05) is 24.3 Å². The molecule has 2 N–H and O–H groups in total. The highest BCUT2D eigenvalue weighted by Gasteiger charge is 2.18. The molecule has 1 atom stereocenters. The maximum Gasteiger partial charge on any atom is 0.325 e. The average molecular weight is 262 g/mol. The van der Waals surface area contributed by atoms with Crippen LogP contribution in [0.5, 0.6) is 0 Å². The summed E-state index contributed by atoms with van der Waals surface area (Å²) in [5.74, 6) is -0.727. The number of nitrogens with one attached hydrogen (secondary N) is 2. The lowest BCUT2D eigenvalue weighted by Gasteiger charge is -2.16. The number of ether oxygens (including phenoxy) is 1. The van der Waals surface area contributed by atoms with Crippen molar-refractivity contribution in [3.63, 3.8) is 0 Å². The van der Waals surface area contributed by atoms with Crippen LogP contribution in [-0.2, 0) is 9.53 Å². The fourth-order valence-corrected chi connectivity index (χ4v) is 1.44. The molecule has 1 unspecified atom stereocenters. The fourth-order valence-electron chi connectivity index (χ4n) is 1.44. The predicted molar refractivity (Wildman–Crippen MR) is 72.3 cm³/mol. The van der Waals surface area contributed by atoms with E-state index in [4.69, 9.17) is 4.74 Å². The standard InChI is InChI=1S/C14H18N2O3/c1-3-8-12(14(18)19-4-2)15-16-13(17)11-9-6-5-7-10-11/h3,5-7,9-10,12,15H,1,4,8H2,2H3,(H,16,17). The zero-order chi connectivity index (χ0) is 14.1. The van der Waals surface area contributed by atoms with Crippen LogP contribution >= 0.6 is 0 Å². The second-order valence-corrected chi connectivity index (χ2v) is 3.79. The Balaban J connectivity index is 2.54. The third-order valence-electron chi connectivity index (χ3n) is 2.37. The Bertz CT molecular complexity index is 432. The first kappa shape index (κ1) is 14.9. The summed E-state index contributed by atoms with van der Waals surface area (Å²) in [6, 6.07) is 8.09. The number of rotatable bonds is 7. The molecule has 5 nitrogen and oxygen atoms in total. The lowest BCUT2D eigenvalue weighted by molar-refractivity contribution is -0.145. The van der Waals surface area contributed by atoms with Gasteiger partial charge in [0.1, 0.15) is 6.04 Å². The molecule has 5 heteroatoms. The Morgan fingerprint density at radius 2 is 2.05 bits per heavy atom. The van der Waals surface area contributed by atoms with Crippen LogP contribution in [0.3, 0.4) is 0 Å². The van der Waals surface area contributed by atoms with E-state index in [0.29, 0.717) is 18.6 Å². The van der Waals surface area contributed by atoms with Crippen LogP contribution in [-0.4, -0.2) is 24.5 Å². The normalized spacial score (nSPS) is 11.4. The number of carbonyl (C=O) groups is 2. The van der Waals surface area contributed by atoms with Gasteiger partial charge in [0.15, 0.2) is 0 Å². The van der Waals surface area contributed by atoms with Crippen LogP contribution in [0.2, 0.25) is 0 Å². The summed E-state index contributed by atoms with van der Waals surface area (Å²) in [7, 11) is 0. The van der Waals surface area contributed by atoms with E-state index < -0.39 is 12.0 Å². The van der Waals surface area contributed by atoms with E-state index in [0.717, 1.165) is 0 Å². The molecule has 0 aliphatic carbocycles. The second-order valence-electron chi connectivity index (χ2n) is 3.79. The highest BCUT2D eigenvalue weighted by molar-refractivity contribution is 5.94. The van der Waals surface area contributed by atoms with E-state index in [1.165, 1.54) is 0 Å². The van der Waals surface area contributed by atoms with E-state index in [1.54, 1.807) is 37.3 Å². The van der Waals surface area contributed by atoms with Gasteiger partial charge in [-0.05, 0) is 25.5 Å². The van der Waals surface area contributed by atoms with Crippen molar-refractivity contribution in [2.24, 2.45) is 0 Å². The van der Waals surface area contributed by atoms with Gasteiger partial charge in [-0.15, -0.1) is 6.58 Å². The van der Waals surface area contributed by atoms with E-state index in [-0.39, 0.29) is 5.91 Å². The number of benzene rings is 1. The Morgan fingerprint density at radius 1 is 1.37 bits per heavy atom. The van der Waals surface area contributed by atoms with Crippen LogP contribution in [0, 0.1) is 0 Å². The van der Waals surface area contributed by atoms with Gasteiger partial charge in [0.05, 0.1) is 6.61 Å². The summed E-state index contributed by atoms with van der Waals surface area (Å²) >= 11 is 0. The van der Waals surface area contributed by atoms with Crippen molar-refractivity contribution >= 4 is 11.9 Å². The molecule has 0 aromatic heterocycles. The van der Waals surface area contributed by atoms with Crippen molar-refractivity contribution in [3.05, 3.63) is 48.6 Å². The molecule has 19 heavy (non-hydrogen) atoms. The maximum absolute atomic E-state index is 11.8. The van der Waals surface area contributed by atoms with Crippen molar-refractivity contribution < 1.29 is 14.3 Å². The summed E-state index contributed by atoms with van der Waals surface area (Å²) in [4.78, 5) is 23.4. The number of esters is 1. The zero-order valence-corrected chi connectivity index (χ0v) is 10.9. The molecule has 0 heterocycles. The highest BCUT2D eigenvalue weighted by atomic mass is 16.5. The smallest absolute Gasteiger partial charge is 0.325 e. The number of amides is 1. The van der Waals surface area contributed by atoms with Crippen LogP contribution in [0.15, 0.2) is 43.0 Å². The Labute approximate surface area is 112 Å². The predicted octanol–water partition coefficient (Wildman–Crippen LogP) is 1.43. The minimum Gasteiger partial charge on any atom is -0.465 e. The molecule has 1 aromatic carbocycles.